The third kappa shape index (κ3) is 4.68. The van der Waals surface area contributed by atoms with Gasteiger partial charge in [0.25, 0.3) is 11.7 Å². The summed E-state index contributed by atoms with van der Waals surface area (Å²) in [7, 11) is 3.04. The summed E-state index contributed by atoms with van der Waals surface area (Å²) in [6, 6.07) is 11.4. The first kappa shape index (κ1) is 24.3. The lowest BCUT2D eigenvalue weighted by molar-refractivity contribution is -0.140. The highest BCUT2D eigenvalue weighted by Gasteiger charge is 2.47. The number of carbonyl (C=O) groups excluding carboxylic acids is 2. The van der Waals surface area contributed by atoms with Crippen LogP contribution in [0, 0.1) is 0 Å². The van der Waals surface area contributed by atoms with Crippen LogP contribution >= 0.6 is 15.9 Å². The molecule has 0 spiro atoms. The van der Waals surface area contributed by atoms with E-state index in [9.17, 15) is 14.7 Å². The number of benzene rings is 2. The molecule has 180 valence electrons. The van der Waals surface area contributed by atoms with E-state index in [1.54, 1.807) is 42.5 Å². The molecule has 2 aliphatic heterocycles. The molecule has 2 aromatic carbocycles. The van der Waals surface area contributed by atoms with Gasteiger partial charge in [-0.05, 0) is 18.2 Å². The number of morpholine rings is 1. The van der Waals surface area contributed by atoms with Crippen LogP contribution in [0.5, 0.6) is 11.5 Å². The van der Waals surface area contributed by atoms with Crippen LogP contribution in [0.3, 0.4) is 0 Å². The number of likely N-dealkylation sites (tertiary alicyclic amines) is 1. The molecule has 1 atom stereocenters. The molecule has 2 aromatic rings. The van der Waals surface area contributed by atoms with Crippen LogP contribution in [0.15, 0.2) is 52.5 Å². The highest BCUT2D eigenvalue weighted by molar-refractivity contribution is 9.10. The van der Waals surface area contributed by atoms with Gasteiger partial charge in [-0.15, -0.1) is 0 Å². The monoisotopic (exact) mass is 530 g/mol. The summed E-state index contributed by atoms with van der Waals surface area (Å²) in [5.74, 6) is -0.717. The third-order valence-electron chi connectivity index (χ3n) is 6.15. The van der Waals surface area contributed by atoms with Gasteiger partial charge in [0.05, 0.1) is 39.0 Å². The van der Waals surface area contributed by atoms with Gasteiger partial charge < -0.3 is 24.2 Å². The summed E-state index contributed by atoms with van der Waals surface area (Å²) in [5.41, 5.74) is 1.05. The van der Waals surface area contributed by atoms with E-state index in [0.717, 1.165) is 17.6 Å². The minimum atomic E-state index is -0.824. The molecule has 2 fully saturated rings. The van der Waals surface area contributed by atoms with Crippen molar-refractivity contribution in [1.29, 1.82) is 0 Å². The number of aliphatic hydroxyl groups excluding tert-OH is 1. The minimum Gasteiger partial charge on any atom is -0.507 e. The SMILES string of the molecule is COc1cccc([C@@H]2C(=C(O)c3ccc(Br)cc3)C(=O)C(=O)N2CCN2CCOCC2)c1OC. The van der Waals surface area contributed by atoms with Crippen molar-refractivity contribution < 1.29 is 28.9 Å². The summed E-state index contributed by atoms with van der Waals surface area (Å²) in [6.45, 7) is 3.68. The Kier molecular flexibility index (Phi) is 7.55. The number of ether oxygens (including phenoxy) is 3. The molecule has 0 unspecified atom stereocenters. The molecule has 0 aliphatic carbocycles. The Morgan fingerprint density at radius 2 is 1.76 bits per heavy atom. The molecule has 2 heterocycles. The lowest BCUT2D eigenvalue weighted by atomic mass is 9.94. The van der Waals surface area contributed by atoms with Gasteiger partial charge in [0.2, 0.25) is 0 Å². The largest absolute Gasteiger partial charge is 0.507 e. The maximum absolute atomic E-state index is 13.3. The number of rotatable bonds is 7. The van der Waals surface area contributed by atoms with Gasteiger partial charge in [-0.25, -0.2) is 0 Å². The number of Topliss-reactive ketones (excluding diaryl/α,β-unsaturated/α-hetero) is 1. The van der Waals surface area contributed by atoms with Crippen LogP contribution in [-0.4, -0.2) is 80.2 Å². The van der Waals surface area contributed by atoms with Gasteiger partial charge in [-0.2, -0.15) is 0 Å². The summed E-state index contributed by atoms with van der Waals surface area (Å²) in [4.78, 5) is 30.2. The summed E-state index contributed by atoms with van der Waals surface area (Å²) >= 11 is 3.38. The zero-order valence-electron chi connectivity index (χ0n) is 19.1. The summed E-state index contributed by atoms with van der Waals surface area (Å²) < 4.78 is 17.3. The molecule has 0 radical (unpaired) electrons. The molecule has 0 bridgehead atoms. The van der Waals surface area contributed by atoms with Gasteiger partial charge in [-0.3, -0.25) is 14.5 Å². The predicted molar refractivity (Wildman–Crippen MR) is 130 cm³/mol. The second-order valence-electron chi connectivity index (χ2n) is 8.04. The molecule has 8 nitrogen and oxygen atoms in total. The Labute approximate surface area is 206 Å². The van der Waals surface area contributed by atoms with E-state index < -0.39 is 17.7 Å². The molecule has 2 aliphatic rings. The molecule has 1 N–H and O–H groups in total. The van der Waals surface area contributed by atoms with Gasteiger partial charge in [0, 0.05) is 41.8 Å². The highest BCUT2D eigenvalue weighted by Crippen LogP contribution is 2.45. The van der Waals surface area contributed by atoms with Crippen LogP contribution < -0.4 is 9.47 Å². The first-order valence-corrected chi connectivity index (χ1v) is 11.8. The smallest absolute Gasteiger partial charge is 0.295 e. The maximum atomic E-state index is 13.3. The minimum absolute atomic E-state index is 0.0286. The van der Waals surface area contributed by atoms with E-state index in [2.05, 4.69) is 20.8 Å². The fourth-order valence-corrected chi connectivity index (χ4v) is 4.66. The number of hydrogen-bond donors (Lipinski definition) is 1. The Bertz CT molecular complexity index is 1100. The van der Waals surface area contributed by atoms with Gasteiger partial charge >= 0.3 is 0 Å². The number of carbonyl (C=O) groups is 2. The van der Waals surface area contributed by atoms with Gasteiger partial charge in [0.15, 0.2) is 11.5 Å². The number of para-hydroxylation sites is 1. The number of ketones is 1. The molecule has 0 saturated carbocycles. The molecule has 2 saturated heterocycles. The number of halogens is 1. The van der Waals surface area contributed by atoms with Crippen molar-refractivity contribution in [3.8, 4) is 11.5 Å². The van der Waals surface area contributed by atoms with E-state index in [1.807, 2.05) is 0 Å². The normalized spacial score (nSPS) is 20.6. The van der Waals surface area contributed by atoms with Crippen LogP contribution in [0.1, 0.15) is 17.2 Å². The molecule has 34 heavy (non-hydrogen) atoms. The number of methoxy groups -OCH3 is 2. The zero-order valence-corrected chi connectivity index (χ0v) is 20.7. The average Bonchev–Trinajstić information content (AvgIpc) is 3.12. The van der Waals surface area contributed by atoms with Crippen LogP contribution in [0.2, 0.25) is 0 Å². The van der Waals surface area contributed by atoms with Crippen molar-refractivity contribution in [3.63, 3.8) is 0 Å². The fraction of sp³-hybridized carbons (Fsp3) is 0.360. The Morgan fingerprint density at radius 3 is 2.41 bits per heavy atom. The van der Waals surface area contributed by atoms with Gasteiger partial charge in [0.1, 0.15) is 5.76 Å². The Morgan fingerprint density at radius 1 is 1.06 bits per heavy atom. The molecule has 9 heteroatoms. The third-order valence-corrected chi connectivity index (χ3v) is 6.68. The second kappa shape index (κ2) is 10.6. The number of aliphatic hydroxyl groups is 1. The van der Waals surface area contributed by atoms with E-state index >= 15 is 0 Å². The predicted octanol–water partition coefficient (Wildman–Crippen LogP) is 3.22. The number of amides is 1. The lowest BCUT2D eigenvalue weighted by Gasteiger charge is -2.31. The molecule has 1 amide bonds. The van der Waals surface area contributed by atoms with Crippen molar-refractivity contribution in [2.75, 3.05) is 53.6 Å². The summed E-state index contributed by atoms with van der Waals surface area (Å²) in [6.07, 6.45) is 0. The van der Waals surface area contributed by atoms with Crippen LogP contribution in [0.25, 0.3) is 5.76 Å². The van der Waals surface area contributed by atoms with Crippen molar-refractivity contribution in [2.45, 2.75) is 6.04 Å². The Balaban J connectivity index is 1.81. The van der Waals surface area contributed by atoms with Crippen molar-refractivity contribution in [3.05, 3.63) is 63.6 Å². The average molecular weight is 531 g/mol. The van der Waals surface area contributed by atoms with Gasteiger partial charge in [-0.1, -0.05) is 40.2 Å². The van der Waals surface area contributed by atoms with E-state index in [1.165, 1.54) is 19.1 Å². The van der Waals surface area contributed by atoms with Crippen LogP contribution in [-0.2, 0) is 14.3 Å². The van der Waals surface area contributed by atoms with Crippen LogP contribution in [0.4, 0.5) is 0 Å². The number of hydrogen-bond acceptors (Lipinski definition) is 7. The quantitative estimate of drug-likeness (QED) is 0.334. The first-order chi connectivity index (χ1) is 16.5. The molecular formula is C25H27BrN2O6. The van der Waals surface area contributed by atoms with Crippen molar-refractivity contribution >= 4 is 33.4 Å². The molecule has 0 aromatic heterocycles. The first-order valence-electron chi connectivity index (χ1n) is 11.0. The molecule has 4 rings (SSSR count). The maximum Gasteiger partial charge on any atom is 0.295 e. The lowest BCUT2D eigenvalue weighted by Crippen LogP contribution is -2.42. The second-order valence-corrected chi connectivity index (χ2v) is 8.95. The fourth-order valence-electron chi connectivity index (χ4n) is 4.40. The Hall–Kier alpha value is -2.88. The topological polar surface area (TPSA) is 88.5 Å². The molecular weight excluding hydrogens is 504 g/mol. The van der Waals surface area contributed by atoms with E-state index in [0.29, 0.717) is 48.9 Å². The van der Waals surface area contributed by atoms with E-state index in [-0.39, 0.29) is 11.3 Å². The summed E-state index contributed by atoms with van der Waals surface area (Å²) in [5, 5.41) is 11.2. The van der Waals surface area contributed by atoms with Crippen molar-refractivity contribution in [1.82, 2.24) is 9.80 Å². The zero-order chi connectivity index (χ0) is 24.2. The van der Waals surface area contributed by atoms with Crippen molar-refractivity contribution in [2.24, 2.45) is 0 Å². The number of nitrogens with zero attached hydrogens (tertiary/aromatic N) is 2. The standard InChI is InChI=1S/C25H27BrN2O6/c1-32-19-5-3-4-18(24(19)33-2)21-20(22(29)16-6-8-17(26)9-7-16)23(30)25(31)28(21)11-10-27-12-14-34-15-13-27/h3-9,21,29H,10-15H2,1-2H3/t21-/m1/s1. The van der Waals surface area contributed by atoms with E-state index in [4.69, 9.17) is 14.2 Å². The highest BCUT2D eigenvalue weighted by atomic mass is 79.9.